The van der Waals surface area contributed by atoms with E-state index in [2.05, 4.69) is 26.8 Å². The fraction of sp³-hybridized carbons (Fsp3) is 0.312. The van der Waals surface area contributed by atoms with Gasteiger partial charge in [0.25, 0.3) is 0 Å². The van der Waals surface area contributed by atoms with Gasteiger partial charge >= 0.3 is 0 Å². The summed E-state index contributed by atoms with van der Waals surface area (Å²) in [5, 5.41) is 0.463. The minimum atomic E-state index is 0.330. The topological polar surface area (TPSA) is 72.3 Å². The lowest BCUT2D eigenvalue weighted by atomic mass is 10.2. The van der Waals surface area contributed by atoms with Crippen molar-refractivity contribution in [2.75, 3.05) is 23.7 Å². The summed E-state index contributed by atoms with van der Waals surface area (Å²) in [5.41, 5.74) is 6.66. The number of halogens is 1. The second-order valence-electron chi connectivity index (χ2n) is 5.99. The number of pyridine rings is 1. The molecule has 4 heterocycles. The van der Waals surface area contributed by atoms with Crippen molar-refractivity contribution in [1.82, 2.24) is 19.4 Å². The third-order valence-corrected chi connectivity index (χ3v) is 5.76. The normalized spacial score (nSPS) is 17.8. The average molecular weight is 361 g/mol. The Hall–Kier alpha value is -1.99. The highest BCUT2D eigenvalue weighted by Gasteiger charge is 2.23. The van der Waals surface area contributed by atoms with Gasteiger partial charge in [-0.25, -0.2) is 15.0 Å². The van der Waals surface area contributed by atoms with Gasteiger partial charge < -0.3 is 10.6 Å². The molecule has 0 aliphatic carbocycles. The molecule has 0 aromatic carbocycles. The molecule has 0 saturated carbocycles. The van der Waals surface area contributed by atoms with Crippen molar-refractivity contribution < 1.29 is 0 Å². The number of aromatic nitrogens is 4. The van der Waals surface area contributed by atoms with E-state index >= 15 is 0 Å². The van der Waals surface area contributed by atoms with Gasteiger partial charge in [0.05, 0.1) is 9.92 Å². The molecule has 0 unspecified atom stereocenters. The summed E-state index contributed by atoms with van der Waals surface area (Å²) in [6, 6.07) is 1.85. The van der Waals surface area contributed by atoms with Crippen LogP contribution in [0.4, 0.5) is 11.8 Å². The first-order valence-corrected chi connectivity index (χ1v) is 8.98. The van der Waals surface area contributed by atoms with Crippen molar-refractivity contribution in [2.24, 2.45) is 5.92 Å². The predicted octanol–water partition coefficient (Wildman–Crippen LogP) is 3.36. The molecule has 4 rings (SSSR count). The molecule has 8 heteroatoms. The quantitative estimate of drug-likeness (QED) is 0.772. The van der Waals surface area contributed by atoms with Gasteiger partial charge in [-0.15, -0.1) is 0 Å². The Morgan fingerprint density at radius 2 is 2.12 bits per heavy atom. The Kier molecular flexibility index (Phi) is 3.97. The summed E-state index contributed by atoms with van der Waals surface area (Å²) in [5.74, 6) is 1.96. The van der Waals surface area contributed by atoms with Crippen LogP contribution < -0.4 is 10.6 Å². The van der Waals surface area contributed by atoms with Crippen molar-refractivity contribution in [2.45, 2.75) is 23.1 Å². The maximum atomic E-state index is 6.25. The number of nitrogens with two attached hydrogens (primary N) is 1. The van der Waals surface area contributed by atoms with Crippen molar-refractivity contribution in [3.8, 4) is 0 Å². The maximum absolute atomic E-state index is 6.25. The Morgan fingerprint density at radius 3 is 2.92 bits per heavy atom. The smallest absolute Gasteiger partial charge is 0.211 e. The van der Waals surface area contributed by atoms with Crippen LogP contribution in [0.1, 0.15) is 13.3 Å². The lowest BCUT2D eigenvalue weighted by Gasteiger charge is -2.19. The molecule has 2 N–H and O–H groups in total. The monoisotopic (exact) mass is 360 g/mol. The fourth-order valence-electron chi connectivity index (χ4n) is 2.94. The first kappa shape index (κ1) is 15.5. The number of nitrogens with zero attached hydrogens (tertiary/aromatic N) is 5. The number of anilines is 2. The van der Waals surface area contributed by atoms with Crippen LogP contribution in [0.25, 0.3) is 5.65 Å². The molecule has 1 saturated heterocycles. The zero-order valence-corrected chi connectivity index (χ0v) is 14.8. The Balaban J connectivity index is 1.73. The second kappa shape index (κ2) is 6.14. The number of hydrogen-bond donors (Lipinski definition) is 1. The highest BCUT2D eigenvalue weighted by Crippen LogP contribution is 2.37. The largest absolute Gasteiger partial charge is 0.382 e. The van der Waals surface area contributed by atoms with Gasteiger partial charge in [-0.05, 0) is 18.4 Å². The Labute approximate surface area is 149 Å². The van der Waals surface area contributed by atoms with E-state index < -0.39 is 0 Å². The van der Waals surface area contributed by atoms with Gasteiger partial charge in [0.15, 0.2) is 5.65 Å². The molecule has 1 aliphatic rings. The summed E-state index contributed by atoms with van der Waals surface area (Å²) in [6.07, 6.45) is 8.46. The molecule has 0 amide bonds. The van der Waals surface area contributed by atoms with E-state index in [0.717, 1.165) is 34.5 Å². The summed E-state index contributed by atoms with van der Waals surface area (Å²) >= 11 is 7.75. The summed E-state index contributed by atoms with van der Waals surface area (Å²) in [6.45, 7) is 4.32. The van der Waals surface area contributed by atoms with E-state index in [1.54, 1.807) is 12.4 Å². The number of fused-ring (bicyclic) bond motifs is 1. The van der Waals surface area contributed by atoms with E-state index in [0.29, 0.717) is 16.8 Å². The van der Waals surface area contributed by atoms with Crippen LogP contribution in [0.15, 0.2) is 40.6 Å². The molecular formula is C16H17ClN6S. The molecule has 1 aliphatic heterocycles. The third kappa shape index (κ3) is 2.67. The molecule has 0 bridgehead atoms. The molecule has 1 atom stereocenters. The SMILES string of the molecule is C[C@@H]1CCN(c2ncc(Sc3ccnc(N)c3Cl)c3nccn23)C1. The highest BCUT2D eigenvalue weighted by molar-refractivity contribution is 7.99. The van der Waals surface area contributed by atoms with Crippen molar-refractivity contribution in [3.05, 3.63) is 35.9 Å². The lowest BCUT2D eigenvalue weighted by Crippen LogP contribution is -2.23. The van der Waals surface area contributed by atoms with Crippen molar-refractivity contribution in [1.29, 1.82) is 0 Å². The van der Waals surface area contributed by atoms with E-state index in [1.165, 1.54) is 18.2 Å². The van der Waals surface area contributed by atoms with Gasteiger partial charge in [-0.2, -0.15) is 0 Å². The van der Waals surface area contributed by atoms with Crippen LogP contribution in [-0.2, 0) is 0 Å². The maximum Gasteiger partial charge on any atom is 0.211 e. The minimum absolute atomic E-state index is 0.330. The van der Waals surface area contributed by atoms with Crippen LogP contribution in [0.2, 0.25) is 5.02 Å². The van der Waals surface area contributed by atoms with Crippen LogP contribution in [0, 0.1) is 5.92 Å². The van der Waals surface area contributed by atoms with Gasteiger partial charge in [0.2, 0.25) is 5.95 Å². The summed E-state index contributed by atoms with van der Waals surface area (Å²) in [7, 11) is 0. The molecule has 3 aromatic heterocycles. The minimum Gasteiger partial charge on any atom is -0.382 e. The van der Waals surface area contributed by atoms with Gasteiger partial charge in [0, 0.05) is 42.8 Å². The first-order valence-electron chi connectivity index (χ1n) is 7.78. The van der Waals surface area contributed by atoms with Gasteiger partial charge in [-0.1, -0.05) is 30.3 Å². The predicted molar refractivity (Wildman–Crippen MR) is 96.8 cm³/mol. The van der Waals surface area contributed by atoms with E-state index in [1.807, 2.05) is 22.9 Å². The molecular weight excluding hydrogens is 344 g/mol. The Bertz CT molecular complexity index is 895. The standard InChI is InChI=1S/C16H17ClN6S/c1-10-3-6-22(9-10)16-21-8-12(15-20-5-7-23(15)16)24-11-2-4-19-14(18)13(11)17/h2,4-5,7-8,10H,3,6,9H2,1H3,(H2,18,19)/t10-/m1/s1. The van der Waals surface area contributed by atoms with E-state index in [-0.39, 0.29) is 0 Å². The highest BCUT2D eigenvalue weighted by atomic mass is 35.5. The number of imidazole rings is 1. The molecule has 1 fully saturated rings. The molecule has 124 valence electrons. The van der Waals surface area contributed by atoms with Crippen LogP contribution in [-0.4, -0.2) is 32.4 Å². The van der Waals surface area contributed by atoms with Crippen LogP contribution in [0.5, 0.6) is 0 Å². The Morgan fingerprint density at radius 1 is 1.25 bits per heavy atom. The molecule has 0 spiro atoms. The van der Waals surface area contributed by atoms with Gasteiger partial charge in [-0.3, -0.25) is 4.40 Å². The molecule has 6 nitrogen and oxygen atoms in total. The molecule has 3 aromatic rings. The van der Waals surface area contributed by atoms with E-state index in [9.17, 15) is 0 Å². The first-order chi connectivity index (χ1) is 11.6. The number of hydrogen-bond acceptors (Lipinski definition) is 6. The van der Waals surface area contributed by atoms with E-state index in [4.69, 9.17) is 17.3 Å². The van der Waals surface area contributed by atoms with Gasteiger partial charge in [0.1, 0.15) is 5.82 Å². The number of rotatable bonds is 3. The second-order valence-corrected chi connectivity index (χ2v) is 7.46. The molecule has 24 heavy (non-hydrogen) atoms. The summed E-state index contributed by atoms with van der Waals surface area (Å²) < 4.78 is 2.04. The zero-order valence-electron chi connectivity index (χ0n) is 13.2. The van der Waals surface area contributed by atoms with Crippen molar-refractivity contribution >= 4 is 40.8 Å². The van der Waals surface area contributed by atoms with Crippen LogP contribution in [0.3, 0.4) is 0 Å². The lowest BCUT2D eigenvalue weighted by molar-refractivity contribution is 0.657. The molecule has 0 radical (unpaired) electrons. The average Bonchev–Trinajstić information content (AvgIpc) is 3.21. The van der Waals surface area contributed by atoms with Crippen LogP contribution >= 0.6 is 23.4 Å². The fourth-order valence-corrected chi connectivity index (χ4v) is 4.08. The zero-order chi connectivity index (χ0) is 16.7. The third-order valence-electron chi connectivity index (χ3n) is 4.18. The number of nitrogen functional groups attached to an aromatic ring is 1. The van der Waals surface area contributed by atoms with Crippen molar-refractivity contribution in [3.63, 3.8) is 0 Å². The summed E-state index contributed by atoms with van der Waals surface area (Å²) in [4.78, 5) is 17.3.